The number of phenolic OH excluding ortho intramolecular Hbond substituents is 1. The van der Waals surface area contributed by atoms with Gasteiger partial charge in [0.15, 0.2) is 11.5 Å². The van der Waals surface area contributed by atoms with Crippen LogP contribution in [-0.2, 0) is 0 Å². The molecule has 2 aromatic carbocycles. The number of anilines is 1. The Bertz CT molecular complexity index is 930. The SMILES string of the molecule is COc1cc(-c2nc(-c3cc(OC)c(O)c(OC)c3)oc2C)ccc1N.Cl. The van der Waals surface area contributed by atoms with E-state index < -0.39 is 0 Å². The molecule has 8 heteroatoms. The summed E-state index contributed by atoms with van der Waals surface area (Å²) in [5.74, 6) is 2.05. The van der Waals surface area contributed by atoms with Crippen molar-refractivity contribution in [3.05, 3.63) is 36.1 Å². The number of halogens is 1. The second-order valence-electron chi connectivity index (χ2n) is 5.61. The number of phenols is 1. The van der Waals surface area contributed by atoms with Gasteiger partial charge in [0, 0.05) is 11.1 Å². The summed E-state index contributed by atoms with van der Waals surface area (Å²) >= 11 is 0. The van der Waals surface area contributed by atoms with Gasteiger partial charge in [-0.3, -0.25) is 0 Å². The molecule has 7 nitrogen and oxygen atoms in total. The number of aryl methyl sites for hydroxylation is 1. The Morgan fingerprint density at radius 3 is 2.04 bits per heavy atom. The van der Waals surface area contributed by atoms with Crippen molar-refractivity contribution in [3.8, 4) is 45.7 Å². The second kappa shape index (κ2) is 8.09. The summed E-state index contributed by atoms with van der Waals surface area (Å²) in [5.41, 5.74) is 8.53. The molecule has 0 aliphatic rings. The third kappa shape index (κ3) is 3.73. The van der Waals surface area contributed by atoms with E-state index in [0.29, 0.717) is 34.3 Å². The molecule has 27 heavy (non-hydrogen) atoms. The Kier molecular flexibility index (Phi) is 6.07. The lowest BCUT2D eigenvalue weighted by molar-refractivity contribution is 0.340. The van der Waals surface area contributed by atoms with E-state index >= 15 is 0 Å². The van der Waals surface area contributed by atoms with Gasteiger partial charge in [-0.2, -0.15) is 0 Å². The smallest absolute Gasteiger partial charge is 0.227 e. The fourth-order valence-electron chi connectivity index (χ4n) is 2.66. The Morgan fingerprint density at radius 1 is 0.926 bits per heavy atom. The van der Waals surface area contributed by atoms with Crippen molar-refractivity contribution in [2.75, 3.05) is 27.1 Å². The van der Waals surface area contributed by atoms with E-state index in [1.807, 2.05) is 19.1 Å². The molecule has 0 saturated heterocycles. The molecule has 0 amide bonds. The number of benzene rings is 2. The van der Waals surface area contributed by atoms with Gasteiger partial charge in [0.05, 0.1) is 27.0 Å². The van der Waals surface area contributed by atoms with Crippen LogP contribution in [0, 0.1) is 6.92 Å². The Labute approximate surface area is 163 Å². The summed E-state index contributed by atoms with van der Waals surface area (Å²) in [6.45, 7) is 1.82. The molecule has 1 aromatic heterocycles. The molecule has 0 aliphatic carbocycles. The fourth-order valence-corrected chi connectivity index (χ4v) is 2.66. The van der Waals surface area contributed by atoms with Gasteiger partial charge in [0.25, 0.3) is 0 Å². The predicted molar refractivity (Wildman–Crippen MR) is 105 cm³/mol. The number of hydrogen-bond acceptors (Lipinski definition) is 7. The van der Waals surface area contributed by atoms with Crippen LogP contribution in [0.2, 0.25) is 0 Å². The Balaban J connectivity index is 0.00000261. The highest BCUT2D eigenvalue weighted by molar-refractivity contribution is 5.85. The summed E-state index contributed by atoms with van der Waals surface area (Å²) < 4.78 is 21.5. The lowest BCUT2D eigenvalue weighted by atomic mass is 10.1. The number of aromatic nitrogens is 1. The molecule has 3 rings (SSSR count). The van der Waals surface area contributed by atoms with Gasteiger partial charge in [0.1, 0.15) is 17.2 Å². The van der Waals surface area contributed by atoms with Crippen molar-refractivity contribution in [1.82, 2.24) is 4.98 Å². The van der Waals surface area contributed by atoms with E-state index in [4.69, 9.17) is 24.4 Å². The lowest BCUT2D eigenvalue weighted by Crippen LogP contribution is -1.93. The highest BCUT2D eigenvalue weighted by Crippen LogP contribution is 2.41. The number of aromatic hydroxyl groups is 1. The van der Waals surface area contributed by atoms with Crippen LogP contribution in [0.25, 0.3) is 22.7 Å². The molecular weight excluding hydrogens is 372 g/mol. The maximum absolute atomic E-state index is 10.1. The molecule has 0 spiro atoms. The summed E-state index contributed by atoms with van der Waals surface area (Å²) in [6.07, 6.45) is 0. The molecule has 144 valence electrons. The minimum atomic E-state index is -0.0782. The number of nitrogen functional groups attached to an aromatic ring is 1. The second-order valence-corrected chi connectivity index (χ2v) is 5.61. The van der Waals surface area contributed by atoms with Crippen LogP contribution in [0.3, 0.4) is 0 Å². The molecule has 0 atom stereocenters. The first-order valence-electron chi connectivity index (χ1n) is 7.85. The van der Waals surface area contributed by atoms with Crippen molar-refractivity contribution in [3.63, 3.8) is 0 Å². The molecule has 0 bridgehead atoms. The maximum atomic E-state index is 10.1. The van der Waals surface area contributed by atoms with Gasteiger partial charge in [-0.25, -0.2) is 4.98 Å². The van der Waals surface area contributed by atoms with E-state index in [1.165, 1.54) is 14.2 Å². The average molecular weight is 393 g/mol. The normalized spacial score (nSPS) is 10.2. The van der Waals surface area contributed by atoms with Crippen LogP contribution in [-0.4, -0.2) is 31.4 Å². The number of hydrogen-bond donors (Lipinski definition) is 2. The van der Waals surface area contributed by atoms with Crippen molar-refractivity contribution >= 4 is 18.1 Å². The molecule has 1 heterocycles. The molecule has 0 aliphatic heterocycles. The van der Waals surface area contributed by atoms with Gasteiger partial charge in [-0.1, -0.05) is 6.07 Å². The van der Waals surface area contributed by atoms with Gasteiger partial charge in [-0.15, -0.1) is 12.4 Å². The van der Waals surface area contributed by atoms with E-state index in [9.17, 15) is 5.11 Å². The van der Waals surface area contributed by atoms with E-state index in [2.05, 4.69) is 4.98 Å². The van der Waals surface area contributed by atoms with E-state index in [0.717, 1.165) is 5.56 Å². The highest BCUT2D eigenvalue weighted by Gasteiger charge is 2.18. The van der Waals surface area contributed by atoms with E-state index in [1.54, 1.807) is 25.3 Å². The molecule has 3 aromatic rings. The summed E-state index contributed by atoms with van der Waals surface area (Å²) in [7, 11) is 4.49. The molecule has 0 fully saturated rings. The van der Waals surface area contributed by atoms with Crippen LogP contribution < -0.4 is 19.9 Å². The first-order chi connectivity index (χ1) is 12.5. The molecular formula is C19H21ClN2O5. The first-order valence-corrected chi connectivity index (χ1v) is 7.85. The highest BCUT2D eigenvalue weighted by atomic mass is 35.5. The minimum absolute atomic E-state index is 0. The number of methoxy groups -OCH3 is 3. The van der Waals surface area contributed by atoms with Crippen molar-refractivity contribution in [2.24, 2.45) is 0 Å². The van der Waals surface area contributed by atoms with Crippen LogP contribution in [0.15, 0.2) is 34.7 Å². The Hall–Kier alpha value is -3.06. The van der Waals surface area contributed by atoms with Gasteiger partial charge in [0.2, 0.25) is 11.6 Å². The molecule has 3 N–H and O–H groups in total. The number of ether oxygens (including phenoxy) is 3. The maximum Gasteiger partial charge on any atom is 0.227 e. The molecule has 0 unspecified atom stereocenters. The van der Waals surface area contributed by atoms with E-state index in [-0.39, 0.29) is 29.7 Å². The van der Waals surface area contributed by atoms with Crippen LogP contribution in [0.5, 0.6) is 23.0 Å². The zero-order chi connectivity index (χ0) is 18.8. The summed E-state index contributed by atoms with van der Waals surface area (Å²) in [5, 5.41) is 10.1. The largest absolute Gasteiger partial charge is 0.502 e. The molecule has 0 radical (unpaired) electrons. The van der Waals surface area contributed by atoms with Gasteiger partial charge >= 0.3 is 0 Å². The average Bonchev–Trinajstić information content (AvgIpc) is 3.04. The van der Waals surface area contributed by atoms with Crippen molar-refractivity contribution in [2.45, 2.75) is 6.92 Å². The van der Waals surface area contributed by atoms with Gasteiger partial charge < -0.3 is 29.5 Å². The zero-order valence-electron chi connectivity index (χ0n) is 15.4. The topological polar surface area (TPSA) is 100.0 Å². The molecule has 0 saturated carbocycles. The minimum Gasteiger partial charge on any atom is -0.502 e. The lowest BCUT2D eigenvalue weighted by Gasteiger charge is -2.09. The van der Waals surface area contributed by atoms with Gasteiger partial charge in [-0.05, 0) is 31.2 Å². The third-order valence-electron chi connectivity index (χ3n) is 4.03. The van der Waals surface area contributed by atoms with Crippen LogP contribution in [0.4, 0.5) is 5.69 Å². The zero-order valence-corrected chi connectivity index (χ0v) is 16.2. The summed E-state index contributed by atoms with van der Waals surface area (Å²) in [4.78, 5) is 4.58. The quantitative estimate of drug-likeness (QED) is 0.631. The number of nitrogens with two attached hydrogens (primary N) is 1. The van der Waals surface area contributed by atoms with Crippen LogP contribution in [0.1, 0.15) is 5.76 Å². The fraction of sp³-hybridized carbons (Fsp3) is 0.211. The monoisotopic (exact) mass is 392 g/mol. The van der Waals surface area contributed by atoms with Crippen molar-refractivity contribution in [1.29, 1.82) is 0 Å². The number of oxazole rings is 1. The van der Waals surface area contributed by atoms with Crippen LogP contribution >= 0.6 is 12.4 Å². The first kappa shape index (κ1) is 20.3. The number of rotatable bonds is 5. The predicted octanol–water partition coefficient (Wildman–Crippen LogP) is 4.05. The van der Waals surface area contributed by atoms with Crippen molar-refractivity contribution < 1.29 is 23.7 Å². The summed E-state index contributed by atoms with van der Waals surface area (Å²) in [6, 6.07) is 8.69. The standard InChI is InChI=1S/C19H20N2O5.ClH/c1-10-17(11-5-6-13(20)14(7-11)23-2)21-19(26-10)12-8-15(24-3)18(22)16(9-12)25-4;/h5-9,22H,20H2,1-4H3;1H. The number of nitrogens with zero attached hydrogens (tertiary/aromatic N) is 1. The third-order valence-corrected chi connectivity index (χ3v) is 4.03. The Morgan fingerprint density at radius 2 is 1.48 bits per heavy atom.